The molecule has 0 unspecified atom stereocenters. The molecule has 0 fully saturated rings. The predicted molar refractivity (Wildman–Crippen MR) is 125 cm³/mol. The van der Waals surface area contributed by atoms with Gasteiger partial charge in [0.05, 0.1) is 41.9 Å². The van der Waals surface area contributed by atoms with Crippen LogP contribution in [0.5, 0.6) is 11.5 Å². The number of carbonyl (C=O) groups excluding carboxylic acids is 1. The van der Waals surface area contributed by atoms with Crippen molar-refractivity contribution in [2.75, 3.05) is 24.3 Å². The summed E-state index contributed by atoms with van der Waals surface area (Å²) in [7, 11) is 0. The molecule has 0 spiro atoms. The second-order valence-corrected chi connectivity index (χ2v) is 7.63. The average Bonchev–Trinajstić information content (AvgIpc) is 3.25. The third kappa shape index (κ3) is 4.83. The van der Waals surface area contributed by atoms with Crippen molar-refractivity contribution in [1.82, 2.24) is 19.7 Å². The fraction of sp³-hybridized carbons (Fsp3) is 0.217. The number of ether oxygens (including phenoxy) is 2. The van der Waals surface area contributed by atoms with E-state index in [1.165, 1.54) is 18.1 Å². The van der Waals surface area contributed by atoms with Crippen LogP contribution in [0.1, 0.15) is 13.8 Å². The maximum atomic E-state index is 12.7. The van der Waals surface area contributed by atoms with Crippen molar-refractivity contribution < 1.29 is 14.3 Å². The summed E-state index contributed by atoms with van der Waals surface area (Å²) >= 11 is 1.33. The molecule has 32 heavy (non-hydrogen) atoms. The lowest BCUT2D eigenvalue weighted by atomic mass is 10.2. The van der Waals surface area contributed by atoms with Crippen molar-refractivity contribution in [1.29, 1.82) is 0 Å². The van der Waals surface area contributed by atoms with Crippen LogP contribution in [0.3, 0.4) is 0 Å². The first-order valence-corrected chi connectivity index (χ1v) is 11.2. The average molecular weight is 450 g/mol. The Bertz CT molecular complexity index is 1210. The van der Waals surface area contributed by atoms with Gasteiger partial charge in [-0.05, 0) is 38.1 Å². The Kier molecular flexibility index (Phi) is 6.86. The summed E-state index contributed by atoms with van der Waals surface area (Å²) in [6.07, 6.45) is 3.21. The van der Waals surface area contributed by atoms with Gasteiger partial charge in [-0.3, -0.25) is 4.79 Å². The molecule has 0 aliphatic heterocycles. The molecule has 4 aromatic rings. The second-order valence-electron chi connectivity index (χ2n) is 6.67. The van der Waals surface area contributed by atoms with Crippen LogP contribution < -0.4 is 14.8 Å². The lowest BCUT2D eigenvalue weighted by Crippen LogP contribution is -2.15. The van der Waals surface area contributed by atoms with Gasteiger partial charge in [0.15, 0.2) is 5.65 Å². The molecule has 0 saturated carbocycles. The molecule has 9 heteroatoms. The number of aromatic nitrogens is 4. The van der Waals surface area contributed by atoms with Crippen molar-refractivity contribution in [3.05, 3.63) is 61.1 Å². The van der Waals surface area contributed by atoms with Gasteiger partial charge in [-0.25, -0.2) is 14.6 Å². The second kappa shape index (κ2) is 10.1. The van der Waals surface area contributed by atoms with E-state index in [1.54, 1.807) is 23.0 Å². The number of amides is 1. The van der Waals surface area contributed by atoms with Gasteiger partial charge >= 0.3 is 0 Å². The van der Waals surface area contributed by atoms with Crippen LogP contribution in [-0.4, -0.2) is 44.6 Å². The maximum absolute atomic E-state index is 12.7. The van der Waals surface area contributed by atoms with Gasteiger partial charge < -0.3 is 14.8 Å². The Morgan fingerprint density at radius 2 is 1.88 bits per heavy atom. The van der Waals surface area contributed by atoms with E-state index in [2.05, 4.69) is 20.4 Å². The number of nitrogens with zero attached hydrogens (tertiary/aromatic N) is 4. The molecular weight excluding hydrogens is 426 g/mol. The standard InChI is InChI=1S/C23H23N5O3S/c1-3-30-17-10-11-20(31-4-2)19(12-17)27-21(29)14-32-23-18-13-26-28(22(18)24-15-25-23)16-8-6-5-7-9-16/h5-13,15H,3-4,14H2,1-2H3,(H,27,29). The number of fused-ring (bicyclic) bond motifs is 1. The SMILES string of the molecule is CCOc1ccc(OCC)c(NC(=O)CSc2ncnc3c2cnn3-c2ccccc2)c1. The molecule has 0 aliphatic rings. The van der Waals surface area contributed by atoms with E-state index in [-0.39, 0.29) is 11.7 Å². The lowest BCUT2D eigenvalue weighted by Gasteiger charge is -2.13. The van der Waals surface area contributed by atoms with E-state index in [4.69, 9.17) is 9.47 Å². The Hall–Kier alpha value is -3.59. The fourth-order valence-electron chi connectivity index (χ4n) is 3.16. The summed E-state index contributed by atoms with van der Waals surface area (Å²) in [6, 6.07) is 15.1. The summed E-state index contributed by atoms with van der Waals surface area (Å²) in [4.78, 5) is 21.4. The molecule has 164 valence electrons. The van der Waals surface area contributed by atoms with Gasteiger partial charge in [-0.15, -0.1) is 0 Å². The van der Waals surface area contributed by atoms with Gasteiger partial charge in [0.2, 0.25) is 5.91 Å². The third-order valence-electron chi connectivity index (χ3n) is 4.51. The first kappa shape index (κ1) is 21.6. The number of anilines is 1. The first-order valence-electron chi connectivity index (χ1n) is 10.3. The molecule has 2 aromatic carbocycles. The minimum absolute atomic E-state index is 0.174. The Balaban J connectivity index is 1.49. The highest BCUT2D eigenvalue weighted by Crippen LogP contribution is 2.30. The van der Waals surface area contributed by atoms with E-state index >= 15 is 0 Å². The van der Waals surface area contributed by atoms with Crippen LogP contribution in [0.2, 0.25) is 0 Å². The molecule has 0 atom stereocenters. The number of nitrogens with one attached hydrogen (secondary N) is 1. The normalized spacial score (nSPS) is 10.8. The molecule has 0 bridgehead atoms. The highest BCUT2D eigenvalue weighted by Gasteiger charge is 2.14. The monoisotopic (exact) mass is 449 g/mol. The number of thioether (sulfide) groups is 1. The van der Waals surface area contributed by atoms with E-state index in [9.17, 15) is 4.79 Å². The smallest absolute Gasteiger partial charge is 0.234 e. The Morgan fingerprint density at radius 3 is 2.66 bits per heavy atom. The molecule has 0 radical (unpaired) electrons. The van der Waals surface area contributed by atoms with Crippen LogP contribution in [-0.2, 0) is 4.79 Å². The predicted octanol–water partition coefficient (Wildman–Crippen LogP) is 4.34. The van der Waals surface area contributed by atoms with Crippen molar-refractivity contribution in [2.45, 2.75) is 18.9 Å². The molecule has 8 nitrogen and oxygen atoms in total. The third-order valence-corrected chi connectivity index (χ3v) is 5.51. The molecule has 1 N–H and O–H groups in total. The Morgan fingerprint density at radius 1 is 1.06 bits per heavy atom. The minimum atomic E-state index is -0.174. The van der Waals surface area contributed by atoms with Gasteiger partial charge in [0.25, 0.3) is 0 Å². The molecule has 2 heterocycles. The van der Waals surface area contributed by atoms with Crippen molar-refractivity contribution >= 4 is 34.4 Å². The fourth-order valence-corrected chi connectivity index (χ4v) is 3.92. The van der Waals surface area contributed by atoms with E-state index < -0.39 is 0 Å². The zero-order valence-corrected chi connectivity index (χ0v) is 18.6. The van der Waals surface area contributed by atoms with Gasteiger partial charge in [0.1, 0.15) is 22.9 Å². The van der Waals surface area contributed by atoms with Gasteiger partial charge in [-0.1, -0.05) is 30.0 Å². The maximum Gasteiger partial charge on any atom is 0.234 e. The molecule has 0 aliphatic carbocycles. The number of carbonyl (C=O) groups is 1. The molecular formula is C23H23N5O3S. The quantitative estimate of drug-likeness (QED) is 0.300. The number of hydrogen-bond donors (Lipinski definition) is 1. The van der Waals surface area contributed by atoms with Gasteiger partial charge in [-0.2, -0.15) is 5.10 Å². The zero-order valence-electron chi connectivity index (χ0n) is 17.8. The van der Waals surface area contributed by atoms with Crippen molar-refractivity contribution in [2.24, 2.45) is 0 Å². The highest BCUT2D eigenvalue weighted by atomic mass is 32.2. The van der Waals surface area contributed by atoms with Crippen LogP contribution >= 0.6 is 11.8 Å². The van der Waals surface area contributed by atoms with Crippen LogP contribution in [0.15, 0.2) is 66.1 Å². The topological polar surface area (TPSA) is 91.2 Å². The highest BCUT2D eigenvalue weighted by molar-refractivity contribution is 8.00. The summed E-state index contributed by atoms with van der Waals surface area (Å²) in [5, 5.41) is 8.85. The van der Waals surface area contributed by atoms with Crippen molar-refractivity contribution in [3.63, 3.8) is 0 Å². The molecule has 2 aromatic heterocycles. The van der Waals surface area contributed by atoms with E-state index in [0.29, 0.717) is 41.1 Å². The Labute approximate surface area is 190 Å². The van der Waals surface area contributed by atoms with E-state index in [0.717, 1.165) is 11.1 Å². The van der Waals surface area contributed by atoms with Crippen molar-refractivity contribution in [3.8, 4) is 17.2 Å². The van der Waals surface area contributed by atoms with Crippen LogP contribution in [0, 0.1) is 0 Å². The van der Waals surface area contributed by atoms with Crippen LogP contribution in [0.25, 0.3) is 16.7 Å². The van der Waals surface area contributed by atoms with Gasteiger partial charge in [0, 0.05) is 6.07 Å². The molecule has 0 saturated heterocycles. The number of rotatable bonds is 9. The lowest BCUT2D eigenvalue weighted by molar-refractivity contribution is -0.113. The van der Waals surface area contributed by atoms with Crippen LogP contribution in [0.4, 0.5) is 5.69 Å². The number of para-hydroxylation sites is 1. The van der Waals surface area contributed by atoms with E-state index in [1.807, 2.05) is 50.2 Å². The first-order chi connectivity index (χ1) is 15.7. The zero-order chi connectivity index (χ0) is 22.3. The molecule has 4 rings (SSSR count). The summed E-state index contributed by atoms with van der Waals surface area (Å²) in [6.45, 7) is 4.84. The largest absolute Gasteiger partial charge is 0.494 e. The summed E-state index contributed by atoms with van der Waals surface area (Å²) in [5.74, 6) is 1.27. The molecule has 1 amide bonds. The number of benzene rings is 2. The summed E-state index contributed by atoms with van der Waals surface area (Å²) in [5.41, 5.74) is 2.18. The number of hydrogen-bond acceptors (Lipinski definition) is 7. The minimum Gasteiger partial charge on any atom is -0.494 e. The summed E-state index contributed by atoms with van der Waals surface area (Å²) < 4.78 is 12.9.